The van der Waals surface area contributed by atoms with E-state index in [0.717, 1.165) is 11.3 Å². The fourth-order valence-corrected chi connectivity index (χ4v) is 2.80. The van der Waals surface area contributed by atoms with Crippen molar-refractivity contribution in [2.75, 3.05) is 20.7 Å². The Hall–Kier alpha value is -2.33. The molecule has 26 heavy (non-hydrogen) atoms. The summed E-state index contributed by atoms with van der Waals surface area (Å²) >= 11 is 0. The first kappa shape index (κ1) is 20.0. The average molecular weight is 354 g/mol. The lowest BCUT2D eigenvalue weighted by Crippen LogP contribution is -2.36. The zero-order chi connectivity index (χ0) is 19.1. The molecular formula is C22H30N2O2. The average Bonchev–Trinajstić information content (AvgIpc) is 2.65. The van der Waals surface area contributed by atoms with E-state index < -0.39 is 0 Å². The summed E-state index contributed by atoms with van der Waals surface area (Å²) in [5.74, 6) is 1.40. The molecule has 2 aromatic rings. The van der Waals surface area contributed by atoms with Gasteiger partial charge in [-0.3, -0.25) is 4.79 Å². The number of hydrogen-bond donors (Lipinski definition) is 1. The van der Waals surface area contributed by atoms with Gasteiger partial charge in [0.15, 0.2) is 0 Å². The summed E-state index contributed by atoms with van der Waals surface area (Å²) in [4.78, 5) is 14.1. The van der Waals surface area contributed by atoms with Crippen molar-refractivity contribution < 1.29 is 9.53 Å². The zero-order valence-corrected chi connectivity index (χ0v) is 16.5. The Labute approximate surface area is 157 Å². The van der Waals surface area contributed by atoms with Crippen molar-refractivity contribution in [1.82, 2.24) is 10.2 Å². The summed E-state index contributed by atoms with van der Waals surface area (Å²) in [7, 11) is 3.47. The molecule has 1 N–H and O–H groups in total. The highest BCUT2D eigenvalue weighted by atomic mass is 16.5. The molecule has 1 unspecified atom stereocenters. The van der Waals surface area contributed by atoms with E-state index in [1.54, 1.807) is 12.0 Å². The van der Waals surface area contributed by atoms with Gasteiger partial charge in [0.05, 0.1) is 13.7 Å². The van der Waals surface area contributed by atoms with E-state index in [1.807, 2.05) is 31.3 Å². The minimum atomic E-state index is 0.0680. The number of nitrogens with zero attached hydrogens (tertiary/aromatic N) is 1. The topological polar surface area (TPSA) is 41.6 Å². The van der Waals surface area contributed by atoms with Crippen molar-refractivity contribution in [1.29, 1.82) is 0 Å². The van der Waals surface area contributed by atoms with Gasteiger partial charge in [-0.25, -0.2) is 0 Å². The van der Waals surface area contributed by atoms with Crippen LogP contribution < -0.4 is 10.1 Å². The van der Waals surface area contributed by atoms with Crippen LogP contribution in [0, 0.1) is 0 Å². The molecule has 0 bridgehead atoms. The van der Waals surface area contributed by atoms with Crippen LogP contribution in [0.2, 0.25) is 0 Å². The Morgan fingerprint density at radius 1 is 1.08 bits per heavy atom. The van der Waals surface area contributed by atoms with Crippen LogP contribution in [0.1, 0.15) is 49.4 Å². The molecule has 140 valence electrons. The van der Waals surface area contributed by atoms with Crippen LogP contribution in [0.5, 0.6) is 5.75 Å². The lowest BCUT2D eigenvalue weighted by atomic mass is 9.99. The largest absolute Gasteiger partial charge is 0.497 e. The predicted molar refractivity (Wildman–Crippen MR) is 106 cm³/mol. The van der Waals surface area contributed by atoms with Gasteiger partial charge in [0.1, 0.15) is 5.75 Å². The number of hydrogen-bond acceptors (Lipinski definition) is 3. The number of carbonyl (C=O) groups is 1. The van der Waals surface area contributed by atoms with Gasteiger partial charge in [0.25, 0.3) is 0 Å². The van der Waals surface area contributed by atoms with Crippen LogP contribution in [0.4, 0.5) is 0 Å². The number of amides is 1. The summed E-state index contributed by atoms with van der Waals surface area (Å²) in [6.45, 7) is 7.34. The van der Waals surface area contributed by atoms with E-state index in [4.69, 9.17) is 4.74 Å². The van der Waals surface area contributed by atoms with Crippen LogP contribution in [0.25, 0.3) is 0 Å². The molecule has 0 aliphatic heterocycles. The van der Waals surface area contributed by atoms with Gasteiger partial charge in [-0.2, -0.15) is 0 Å². The summed E-state index contributed by atoms with van der Waals surface area (Å²) < 4.78 is 5.23. The van der Waals surface area contributed by atoms with Gasteiger partial charge in [-0.05, 0) is 41.7 Å². The number of likely N-dealkylation sites (N-methyl/N-ethyl adjacent to an activating group) is 1. The van der Waals surface area contributed by atoms with Crippen LogP contribution >= 0.6 is 0 Å². The van der Waals surface area contributed by atoms with Crippen LogP contribution in [0.3, 0.4) is 0 Å². The Bertz CT molecular complexity index is 710. The quantitative estimate of drug-likeness (QED) is 0.775. The van der Waals surface area contributed by atoms with E-state index >= 15 is 0 Å². The summed E-state index contributed by atoms with van der Waals surface area (Å²) in [5, 5.41) is 3.32. The normalized spacial score (nSPS) is 12.1. The van der Waals surface area contributed by atoms with E-state index in [2.05, 4.69) is 50.4 Å². The van der Waals surface area contributed by atoms with Crippen molar-refractivity contribution >= 4 is 5.91 Å². The monoisotopic (exact) mass is 354 g/mol. The predicted octanol–water partition coefficient (Wildman–Crippen LogP) is 4.13. The van der Waals surface area contributed by atoms with Crippen molar-refractivity contribution in [2.24, 2.45) is 0 Å². The highest BCUT2D eigenvalue weighted by Crippen LogP contribution is 2.18. The summed E-state index contributed by atoms with van der Waals surface area (Å²) in [5.41, 5.74) is 3.57. The molecule has 0 saturated carbocycles. The third-order valence-corrected chi connectivity index (χ3v) is 4.64. The van der Waals surface area contributed by atoms with Gasteiger partial charge in [-0.1, -0.05) is 50.2 Å². The van der Waals surface area contributed by atoms with Crippen molar-refractivity contribution in [2.45, 2.75) is 39.3 Å². The molecule has 1 amide bonds. The fourth-order valence-electron chi connectivity index (χ4n) is 2.80. The smallest absolute Gasteiger partial charge is 0.236 e. The molecule has 4 heteroatoms. The maximum Gasteiger partial charge on any atom is 0.236 e. The Kier molecular flexibility index (Phi) is 7.22. The van der Waals surface area contributed by atoms with Gasteiger partial charge in [0, 0.05) is 19.6 Å². The standard InChI is InChI=1S/C22H30N2O2/c1-16(2)19-9-11-20(12-10-19)17(3)23-14-22(25)24(4)15-18-7-6-8-21(13-18)26-5/h6-13,16-17,23H,14-15H2,1-5H3. The number of rotatable bonds is 8. The maximum atomic E-state index is 12.4. The van der Waals surface area contributed by atoms with Gasteiger partial charge < -0.3 is 15.0 Å². The molecule has 0 aromatic heterocycles. The van der Waals surface area contributed by atoms with Crippen molar-refractivity contribution in [3.63, 3.8) is 0 Å². The molecule has 2 rings (SSSR count). The van der Waals surface area contributed by atoms with Crippen LogP contribution in [-0.4, -0.2) is 31.5 Å². The number of nitrogens with one attached hydrogen (secondary N) is 1. The second-order valence-electron chi connectivity index (χ2n) is 7.03. The first-order valence-corrected chi connectivity index (χ1v) is 9.11. The molecule has 0 aliphatic rings. The fraction of sp³-hybridized carbons (Fsp3) is 0.409. The maximum absolute atomic E-state index is 12.4. The molecule has 0 spiro atoms. The number of ether oxygens (including phenoxy) is 1. The van der Waals surface area contributed by atoms with E-state index in [-0.39, 0.29) is 11.9 Å². The highest BCUT2D eigenvalue weighted by molar-refractivity contribution is 5.78. The Balaban J connectivity index is 1.86. The minimum Gasteiger partial charge on any atom is -0.497 e. The molecule has 1 atom stereocenters. The number of methoxy groups -OCH3 is 1. The first-order valence-electron chi connectivity index (χ1n) is 9.11. The molecule has 0 radical (unpaired) electrons. The first-order chi connectivity index (χ1) is 12.4. The lowest BCUT2D eigenvalue weighted by Gasteiger charge is -2.20. The molecule has 0 fully saturated rings. The molecule has 0 aliphatic carbocycles. The van der Waals surface area contributed by atoms with Crippen molar-refractivity contribution in [3.8, 4) is 5.75 Å². The summed E-state index contributed by atoms with van der Waals surface area (Å²) in [6, 6.07) is 16.5. The van der Waals surface area contributed by atoms with Gasteiger partial charge in [0.2, 0.25) is 5.91 Å². The highest BCUT2D eigenvalue weighted by Gasteiger charge is 2.12. The van der Waals surface area contributed by atoms with Crippen LogP contribution in [-0.2, 0) is 11.3 Å². The second-order valence-corrected chi connectivity index (χ2v) is 7.03. The Morgan fingerprint density at radius 3 is 2.35 bits per heavy atom. The molecule has 0 heterocycles. The van der Waals surface area contributed by atoms with Gasteiger partial charge in [-0.15, -0.1) is 0 Å². The molecule has 0 saturated heterocycles. The third-order valence-electron chi connectivity index (χ3n) is 4.64. The van der Waals surface area contributed by atoms with Gasteiger partial charge >= 0.3 is 0 Å². The lowest BCUT2D eigenvalue weighted by molar-refractivity contribution is -0.129. The SMILES string of the molecule is COc1cccc(CN(C)C(=O)CNC(C)c2ccc(C(C)C)cc2)c1. The number of benzene rings is 2. The number of carbonyl (C=O) groups excluding carboxylic acids is 1. The molecule has 4 nitrogen and oxygen atoms in total. The second kappa shape index (κ2) is 9.39. The molecule has 2 aromatic carbocycles. The third kappa shape index (κ3) is 5.60. The van der Waals surface area contributed by atoms with Crippen molar-refractivity contribution in [3.05, 3.63) is 65.2 Å². The Morgan fingerprint density at radius 2 is 1.73 bits per heavy atom. The van der Waals surface area contributed by atoms with Crippen LogP contribution in [0.15, 0.2) is 48.5 Å². The molecular weight excluding hydrogens is 324 g/mol. The summed E-state index contributed by atoms with van der Waals surface area (Å²) in [6.07, 6.45) is 0. The minimum absolute atomic E-state index is 0.0680. The zero-order valence-electron chi connectivity index (χ0n) is 16.5. The van der Waals surface area contributed by atoms with E-state index in [1.165, 1.54) is 11.1 Å². The van der Waals surface area contributed by atoms with E-state index in [0.29, 0.717) is 19.0 Å². The van der Waals surface area contributed by atoms with E-state index in [9.17, 15) is 4.79 Å².